The Hall–Kier alpha value is -2.96. The minimum Gasteiger partial charge on any atom is -0.496 e. The lowest BCUT2D eigenvalue weighted by Gasteiger charge is -2.12. The zero-order valence-corrected chi connectivity index (χ0v) is 13.0. The fourth-order valence-electron chi connectivity index (χ4n) is 2.40. The molecule has 1 fully saturated rings. The average molecular weight is 329 g/mol. The van der Waals surface area contributed by atoms with Gasteiger partial charge in [0.1, 0.15) is 17.1 Å². The summed E-state index contributed by atoms with van der Waals surface area (Å²) in [6, 6.07) is 5.45. The molecule has 0 atom stereocenters. The molecule has 1 aliphatic rings. The van der Waals surface area contributed by atoms with Crippen LogP contribution in [0.25, 0.3) is 0 Å². The van der Waals surface area contributed by atoms with Gasteiger partial charge < -0.3 is 10.1 Å². The van der Waals surface area contributed by atoms with Gasteiger partial charge in [0.25, 0.3) is 5.91 Å². The van der Waals surface area contributed by atoms with Gasteiger partial charge in [0, 0.05) is 6.20 Å². The van der Waals surface area contributed by atoms with Gasteiger partial charge in [0.05, 0.1) is 19.0 Å². The SMILES string of the molecule is COc1cc(C2CC2)cc(F)c1C(=O)NC(=O)Nc1cccnc1. The molecule has 2 N–H and O–H groups in total. The van der Waals surface area contributed by atoms with Crippen LogP contribution in [0, 0.1) is 5.82 Å². The van der Waals surface area contributed by atoms with Gasteiger partial charge in [-0.25, -0.2) is 9.18 Å². The number of hydrogen-bond donors (Lipinski definition) is 2. The van der Waals surface area contributed by atoms with E-state index in [0.717, 1.165) is 18.4 Å². The Labute approximate surface area is 138 Å². The predicted octanol–water partition coefficient (Wildman–Crippen LogP) is 3.07. The molecule has 3 amide bonds. The number of imide groups is 1. The van der Waals surface area contributed by atoms with Gasteiger partial charge in [-0.15, -0.1) is 0 Å². The van der Waals surface area contributed by atoms with Gasteiger partial charge in [-0.2, -0.15) is 0 Å². The number of pyridine rings is 1. The van der Waals surface area contributed by atoms with E-state index in [1.807, 2.05) is 0 Å². The molecule has 0 aliphatic heterocycles. The molecule has 0 unspecified atom stereocenters. The average Bonchev–Trinajstić information content (AvgIpc) is 3.39. The van der Waals surface area contributed by atoms with Crippen LogP contribution in [0.4, 0.5) is 14.9 Å². The van der Waals surface area contributed by atoms with Crippen LogP contribution in [0.3, 0.4) is 0 Å². The van der Waals surface area contributed by atoms with E-state index in [-0.39, 0.29) is 11.3 Å². The first-order valence-electron chi connectivity index (χ1n) is 7.48. The number of rotatable bonds is 4. The van der Waals surface area contributed by atoms with E-state index in [0.29, 0.717) is 11.6 Å². The van der Waals surface area contributed by atoms with E-state index in [4.69, 9.17) is 4.74 Å². The summed E-state index contributed by atoms with van der Waals surface area (Å²) in [6.07, 6.45) is 4.98. The van der Waals surface area contributed by atoms with Crippen molar-refractivity contribution in [1.82, 2.24) is 10.3 Å². The van der Waals surface area contributed by atoms with Gasteiger partial charge in [-0.3, -0.25) is 15.1 Å². The monoisotopic (exact) mass is 329 g/mol. The van der Waals surface area contributed by atoms with Crippen LogP contribution in [0.15, 0.2) is 36.7 Å². The molecular formula is C17H16FN3O3. The summed E-state index contributed by atoms with van der Waals surface area (Å²) < 4.78 is 19.5. The second kappa shape index (κ2) is 6.66. The summed E-state index contributed by atoms with van der Waals surface area (Å²) in [4.78, 5) is 27.9. The number of amides is 3. The van der Waals surface area contributed by atoms with Gasteiger partial charge in [0.15, 0.2) is 0 Å². The Balaban J connectivity index is 1.75. The fraction of sp³-hybridized carbons (Fsp3) is 0.235. The van der Waals surface area contributed by atoms with Crippen molar-refractivity contribution in [2.45, 2.75) is 18.8 Å². The Bertz CT molecular complexity index is 776. The number of hydrogen-bond acceptors (Lipinski definition) is 4. The van der Waals surface area contributed by atoms with Crippen molar-refractivity contribution in [2.75, 3.05) is 12.4 Å². The molecule has 1 heterocycles. The second-order valence-corrected chi connectivity index (χ2v) is 5.50. The highest BCUT2D eigenvalue weighted by atomic mass is 19.1. The van der Waals surface area contributed by atoms with Gasteiger partial charge >= 0.3 is 6.03 Å². The van der Waals surface area contributed by atoms with Gasteiger partial charge in [-0.05, 0) is 48.6 Å². The molecule has 1 aliphatic carbocycles. The molecule has 1 aromatic carbocycles. The standard InChI is InChI=1S/C17H16FN3O3/c1-24-14-8-11(10-4-5-10)7-13(18)15(14)16(22)21-17(23)20-12-3-2-6-19-9-12/h2-3,6-10H,4-5H2,1H3,(H2,20,21,22,23). The maximum absolute atomic E-state index is 14.3. The third-order valence-electron chi connectivity index (χ3n) is 3.72. The minimum absolute atomic E-state index is 0.114. The number of aromatic nitrogens is 1. The van der Waals surface area contributed by atoms with Crippen LogP contribution in [0.2, 0.25) is 0 Å². The zero-order valence-electron chi connectivity index (χ0n) is 13.0. The highest BCUT2D eigenvalue weighted by Gasteiger charge is 2.28. The normalized spacial score (nSPS) is 13.2. The topological polar surface area (TPSA) is 80.3 Å². The third kappa shape index (κ3) is 3.51. The van der Waals surface area contributed by atoms with E-state index in [1.54, 1.807) is 24.4 Å². The van der Waals surface area contributed by atoms with Crippen molar-refractivity contribution in [3.63, 3.8) is 0 Å². The number of anilines is 1. The van der Waals surface area contributed by atoms with E-state index in [1.165, 1.54) is 19.4 Å². The molecule has 6 nitrogen and oxygen atoms in total. The Morgan fingerprint density at radius 3 is 2.75 bits per heavy atom. The number of halogens is 1. The van der Waals surface area contributed by atoms with E-state index in [9.17, 15) is 14.0 Å². The highest BCUT2D eigenvalue weighted by molar-refractivity contribution is 6.09. The predicted molar refractivity (Wildman–Crippen MR) is 85.6 cm³/mol. The first-order chi connectivity index (χ1) is 11.6. The van der Waals surface area contributed by atoms with Crippen molar-refractivity contribution in [1.29, 1.82) is 0 Å². The number of carbonyl (C=O) groups is 2. The summed E-state index contributed by atoms with van der Waals surface area (Å²) in [5, 5.41) is 4.53. The number of methoxy groups -OCH3 is 1. The van der Waals surface area contributed by atoms with Crippen molar-refractivity contribution < 1.29 is 18.7 Å². The van der Waals surface area contributed by atoms with Crippen LogP contribution >= 0.6 is 0 Å². The molecule has 0 bridgehead atoms. The van der Waals surface area contributed by atoms with Crippen molar-refractivity contribution in [2.24, 2.45) is 0 Å². The molecule has 0 saturated heterocycles. The van der Waals surface area contributed by atoms with Crippen molar-refractivity contribution in [3.8, 4) is 5.75 Å². The smallest absolute Gasteiger partial charge is 0.326 e. The summed E-state index contributed by atoms with van der Waals surface area (Å²) in [7, 11) is 1.36. The largest absolute Gasteiger partial charge is 0.496 e. The Morgan fingerprint density at radius 2 is 2.12 bits per heavy atom. The number of nitrogens with zero attached hydrogens (tertiary/aromatic N) is 1. The Morgan fingerprint density at radius 1 is 1.33 bits per heavy atom. The van der Waals surface area contributed by atoms with E-state index in [2.05, 4.69) is 15.6 Å². The van der Waals surface area contributed by atoms with Gasteiger partial charge in [-0.1, -0.05) is 0 Å². The number of urea groups is 1. The fourth-order valence-corrected chi connectivity index (χ4v) is 2.40. The first-order valence-corrected chi connectivity index (χ1v) is 7.48. The maximum atomic E-state index is 14.3. The van der Waals surface area contributed by atoms with Crippen molar-refractivity contribution in [3.05, 3.63) is 53.6 Å². The Kier molecular flexibility index (Phi) is 4.41. The molecule has 3 rings (SSSR count). The molecule has 2 aromatic rings. The van der Waals surface area contributed by atoms with Crippen LogP contribution in [0.1, 0.15) is 34.7 Å². The number of carbonyl (C=O) groups excluding carboxylic acids is 2. The van der Waals surface area contributed by atoms with E-state index >= 15 is 0 Å². The van der Waals surface area contributed by atoms with Crippen LogP contribution in [-0.4, -0.2) is 24.0 Å². The van der Waals surface area contributed by atoms with E-state index < -0.39 is 17.8 Å². The van der Waals surface area contributed by atoms with Gasteiger partial charge in [0.2, 0.25) is 0 Å². The third-order valence-corrected chi connectivity index (χ3v) is 3.72. The van der Waals surface area contributed by atoms with Crippen molar-refractivity contribution >= 4 is 17.6 Å². The molecule has 1 aromatic heterocycles. The van der Waals surface area contributed by atoms with Crippen LogP contribution < -0.4 is 15.4 Å². The lowest BCUT2D eigenvalue weighted by Crippen LogP contribution is -2.35. The minimum atomic E-state index is -0.868. The molecule has 24 heavy (non-hydrogen) atoms. The maximum Gasteiger partial charge on any atom is 0.326 e. The van der Waals surface area contributed by atoms with Crippen LogP contribution in [-0.2, 0) is 0 Å². The molecule has 124 valence electrons. The number of nitrogens with one attached hydrogen (secondary N) is 2. The second-order valence-electron chi connectivity index (χ2n) is 5.50. The molecule has 0 radical (unpaired) electrons. The first kappa shape index (κ1) is 15.9. The van der Waals surface area contributed by atoms with Crippen LogP contribution in [0.5, 0.6) is 5.75 Å². The lowest BCUT2D eigenvalue weighted by molar-refractivity contribution is 0.0960. The highest BCUT2D eigenvalue weighted by Crippen LogP contribution is 2.42. The quantitative estimate of drug-likeness (QED) is 0.903. The summed E-state index contributed by atoms with van der Waals surface area (Å²) >= 11 is 0. The summed E-state index contributed by atoms with van der Waals surface area (Å²) in [5.74, 6) is -1.14. The number of ether oxygens (including phenoxy) is 1. The lowest BCUT2D eigenvalue weighted by atomic mass is 10.1. The molecule has 1 saturated carbocycles. The molecule has 0 spiro atoms. The zero-order chi connectivity index (χ0) is 17.1. The molecular weight excluding hydrogens is 313 g/mol. The summed E-state index contributed by atoms with van der Waals surface area (Å²) in [6.45, 7) is 0. The number of benzene rings is 1. The molecule has 7 heteroatoms. The summed E-state index contributed by atoms with van der Waals surface area (Å²) in [5.41, 5.74) is 0.934.